The molecule has 0 radical (unpaired) electrons. The lowest BCUT2D eigenvalue weighted by molar-refractivity contribution is -0.146. The smallest absolute Gasteiger partial charge is 0.459 e. The van der Waals surface area contributed by atoms with E-state index < -0.39 is 50.4 Å². The van der Waals surface area contributed by atoms with Gasteiger partial charge >= 0.3 is 19.8 Å². The van der Waals surface area contributed by atoms with Crippen molar-refractivity contribution in [1.82, 2.24) is 24.6 Å². The summed E-state index contributed by atoms with van der Waals surface area (Å²) in [7, 11) is -4.47. The zero-order chi connectivity index (χ0) is 41.2. The van der Waals surface area contributed by atoms with Crippen molar-refractivity contribution in [2.45, 2.75) is 134 Å². The van der Waals surface area contributed by atoms with Gasteiger partial charge in [-0.3, -0.25) is 13.9 Å². The number of hydrogen-bond donors (Lipinski definition) is 3. The van der Waals surface area contributed by atoms with E-state index >= 15 is 0 Å². The van der Waals surface area contributed by atoms with E-state index in [2.05, 4.69) is 32.9 Å². The highest BCUT2D eigenvalue weighted by Crippen LogP contribution is 2.48. The first-order valence-electron chi connectivity index (χ1n) is 20.6. The van der Waals surface area contributed by atoms with Gasteiger partial charge in [0.05, 0.1) is 12.9 Å². The summed E-state index contributed by atoms with van der Waals surface area (Å²) in [6.07, 6.45) is 20.9. The number of anilines is 1. The van der Waals surface area contributed by atoms with Crippen LogP contribution in [0.1, 0.15) is 115 Å². The second kappa shape index (κ2) is 22.7. The van der Waals surface area contributed by atoms with Gasteiger partial charge in [-0.15, -0.1) is 6.42 Å². The van der Waals surface area contributed by atoms with Gasteiger partial charge < -0.3 is 24.8 Å². The van der Waals surface area contributed by atoms with Crippen LogP contribution < -0.4 is 15.3 Å². The Morgan fingerprint density at radius 2 is 1.60 bits per heavy atom. The average molecular weight is 821 g/mol. The molecular weight excluding hydrogens is 762 g/mol. The Kier molecular flexibility index (Phi) is 17.5. The molecule has 0 saturated carbocycles. The average Bonchev–Trinajstić information content (AvgIpc) is 3.80. The Bertz CT molecular complexity index is 1950. The summed E-state index contributed by atoms with van der Waals surface area (Å²) in [6, 6.07) is 16.4. The number of para-hydroxylation sites is 1. The summed E-state index contributed by atoms with van der Waals surface area (Å²) in [6.45, 7) is 1.83. The van der Waals surface area contributed by atoms with Crippen molar-refractivity contribution in [2.75, 3.05) is 18.9 Å². The number of rotatable bonds is 26. The van der Waals surface area contributed by atoms with Crippen molar-refractivity contribution < 1.29 is 37.4 Å². The van der Waals surface area contributed by atoms with Crippen molar-refractivity contribution in [2.24, 2.45) is 0 Å². The Labute approximate surface area is 341 Å². The van der Waals surface area contributed by atoms with E-state index in [1.165, 1.54) is 75.1 Å². The molecule has 314 valence electrons. The van der Waals surface area contributed by atoms with Gasteiger partial charge in [0.25, 0.3) is 0 Å². The van der Waals surface area contributed by atoms with Crippen LogP contribution in [0.5, 0.6) is 5.75 Å². The second-order valence-electron chi connectivity index (χ2n) is 14.9. The third kappa shape index (κ3) is 13.1. The Balaban J connectivity index is 1.20. The minimum Gasteiger partial charge on any atom is -0.465 e. The molecule has 1 fully saturated rings. The first kappa shape index (κ1) is 44.7. The van der Waals surface area contributed by atoms with E-state index in [0.29, 0.717) is 6.42 Å². The molecule has 15 heteroatoms. The highest BCUT2D eigenvalue weighted by atomic mass is 31.2. The summed E-state index contributed by atoms with van der Waals surface area (Å²) in [5.41, 5.74) is 4.94. The predicted molar refractivity (Wildman–Crippen MR) is 221 cm³/mol. The molecule has 0 unspecified atom stereocenters. The summed E-state index contributed by atoms with van der Waals surface area (Å²) in [4.78, 5) is 25.2. The van der Waals surface area contributed by atoms with Gasteiger partial charge in [0.1, 0.15) is 30.7 Å². The van der Waals surface area contributed by atoms with E-state index in [-0.39, 0.29) is 42.2 Å². The number of hydrogen-bond acceptors (Lipinski definition) is 11. The first-order valence-corrected chi connectivity index (χ1v) is 22.2. The minimum absolute atomic E-state index is 0.0343. The van der Waals surface area contributed by atoms with Crippen LogP contribution in [0, 0.1) is 18.4 Å². The van der Waals surface area contributed by atoms with Crippen LogP contribution >= 0.6 is 7.75 Å². The summed E-state index contributed by atoms with van der Waals surface area (Å²) in [5, 5.41) is 14.1. The number of aromatic nitrogens is 4. The maximum atomic E-state index is 14.7. The fraction of sp³-hybridized carbons (Fsp3) is 0.535. The SMILES string of the molecule is C#C[C@]1(CO[P@@](=O)(N[C@@H](Cc2ccccc2)C(=O)OCCCCCCCCCCCCCCCC)Oc2ccccc2)O[C@@H](n2cnc3c(N)nc(F)nc32)C[C@@H]1O. The predicted octanol–water partition coefficient (Wildman–Crippen LogP) is 8.63. The molecule has 13 nitrogen and oxygen atoms in total. The quantitative estimate of drug-likeness (QED) is 0.0181. The van der Waals surface area contributed by atoms with Gasteiger partial charge in [-0.1, -0.05) is 145 Å². The number of nitrogens with two attached hydrogens (primary N) is 1. The van der Waals surface area contributed by atoms with E-state index in [1.807, 2.05) is 30.3 Å². The van der Waals surface area contributed by atoms with Gasteiger partial charge in [-0.2, -0.15) is 19.4 Å². The van der Waals surface area contributed by atoms with E-state index in [0.717, 1.165) is 24.8 Å². The number of halogens is 1. The van der Waals surface area contributed by atoms with Crippen molar-refractivity contribution >= 4 is 30.7 Å². The zero-order valence-corrected chi connectivity index (χ0v) is 34.4. The van der Waals surface area contributed by atoms with Gasteiger partial charge in [-0.05, 0) is 30.5 Å². The second-order valence-corrected chi connectivity index (χ2v) is 16.6. The highest BCUT2D eigenvalue weighted by molar-refractivity contribution is 7.52. The first-order chi connectivity index (χ1) is 28.1. The number of unbranched alkanes of at least 4 members (excludes halogenated alkanes) is 13. The number of terminal acetylenes is 1. The van der Waals surface area contributed by atoms with Gasteiger partial charge in [-0.25, -0.2) is 9.55 Å². The van der Waals surface area contributed by atoms with Crippen LogP contribution in [0.15, 0.2) is 67.0 Å². The van der Waals surface area contributed by atoms with Crippen molar-refractivity contribution in [3.8, 4) is 18.1 Å². The molecule has 0 aliphatic carbocycles. The lowest BCUT2D eigenvalue weighted by Crippen LogP contribution is -2.44. The maximum absolute atomic E-state index is 14.7. The van der Waals surface area contributed by atoms with Crippen LogP contribution in [-0.2, 0) is 29.8 Å². The molecular formula is C43H58FN6O7P. The van der Waals surface area contributed by atoms with Crippen molar-refractivity contribution in [3.05, 3.63) is 78.6 Å². The summed E-state index contributed by atoms with van der Waals surface area (Å²) < 4.78 is 54.0. The Morgan fingerprint density at radius 1 is 1.00 bits per heavy atom. The number of esters is 1. The van der Waals surface area contributed by atoms with Crippen molar-refractivity contribution in [1.29, 1.82) is 0 Å². The van der Waals surface area contributed by atoms with E-state index in [9.17, 15) is 18.9 Å². The van der Waals surface area contributed by atoms with Gasteiger partial charge in [0, 0.05) is 6.42 Å². The molecule has 3 heterocycles. The van der Waals surface area contributed by atoms with Crippen LogP contribution in [0.25, 0.3) is 11.2 Å². The number of imidazole rings is 1. The number of fused-ring (bicyclic) bond motifs is 1. The number of aliphatic hydroxyl groups excluding tert-OH is 1. The number of nitrogens with zero attached hydrogens (tertiary/aromatic N) is 4. The largest absolute Gasteiger partial charge is 0.465 e. The molecule has 0 amide bonds. The summed E-state index contributed by atoms with van der Waals surface area (Å²) >= 11 is 0. The molecule has 1 saturated heterocycles. The van der Waals surface area contributed by atoms with Gasteiger partial charge in [0.2, 0.25) is 0 Å². The molecule has 0 bridgehead atoms. The number of ether oxygens (including phenoxy) is 2. The molecule has 2 aromatic heterocycles. The maximum Gasteiger partial charge on any atom is 0.459 e. The number of aliphatic hydroxyl groups is 1. The van der Waals surface area contributed by atoms with Crippen LogP contribution in [0.4, 0.5) is 10.2 Å². The molecule has 0 spiro atoms. The number of benzene rings is 2. The lowest BCUT2D eigenvalue weighted by atomic mass is 9.99. The van der Waals surface area contributed by atoms with E-state index in [1.54, 1.807) is 30.3 Å². The molecule has 1 aliphatic rings. The molecule has 4 N–H and O–H groups in total. The molecule has 1 aliphatic heterocycles. The van der Waals surface area contributed by atoms with Crippen LogP contribution in [0.3, 0.4) is 0 Å². The fourth-order valence-electron chi connectivity index (χ4n) is 7.03. The van der Waals surface area contributed by atoms with Gasteiger partial charge in [0.15, 0.2) is 22.6 Å². The third-order valence-electron chi connectivity index (χ3n) is 10.3. The highest BCUT2D eigenvalue weighted by Gasteiger charge is 2.50. The fourth-order valence-corrected chi connectivity index (χ4v) is 8.55. The number of nitrogen functional groups attached to an aromatic ring is 1. The molecule has 58 heavy (non-hydrogen) atoms. The number of carbonyl (C=O) groups is 1. The minimum atomic E-state index is -4.47. The Morgan fingerprint density at radius 3 is 2.22 bits per heavy atom. The molecule has 5 atom stereocenters. The number of carbonyl (C=O) groups excluding carboxylic acids is 1. The van der Waals surface area contributed by atoms with Crippen LogP contribution in [-0.4, -0.2) is 61.6 Å². The lowest BCUT2D eigenvalue weighted by Gasteiger charge is -2.30. The standard InChI is InChI=1S/C43H58FN6O7P/c1-3-5-6-7-8-9-10-11-12-13-14-15-16-23-28-54-41(52)35(29-33-24-19-17-20-25-33)49-58(53,57-34-26-21-18-22-27-34)55-31-43(4-2)36(51)30-37(56-43)50-32-46-38-39(45)47-42(44)48-40(38)50/h2,17-22,24-27,32,35-37,51H,3,5-16,23,28-31H2,1H3,(H,49,53)(H2,45,47,48)/t35-,36-,37+,43+,58-/m0/s1. The normalized spacial score (nSPS) is 19.4. The Hall–Kier alpha value is -4.38. The van der Waals surface area contributed by atoms with E-state index in [4.69, 9.17) is 30.7 Å². The molecule has 5 rings (SSSR count). The monoisotopic (exact) mass is 820 g/mol. The number of nitrogens with one attached hydrogen (secondary N) is 1. The topological polar surface area (TPSA) is 173 Å². The van der Waals surface area contributed by atoms with Crippen LogP contribution in [0.2, 0.25) is 0 Å². The molecule has 4 aromatic rings. The zero-order valence-electron chi connectivity index (χ0n) is 33.5. The van der Waals surface area contributed by atoms with Crippen molar-refractivity contribution in [3.63, 3.8) is 0 Å². The molecule has 2 aromatic carbocycles. The third-order valence-corrected chi connectivity index (χ3v) is 11.9. The summed E-state index contributed by atoms with van der Waals surface area (Å²) in [5.74, 6) is 1.86.